The molecule has 0 amide bonds. The van der Waals surface area contributed by atoms with Crippen molar-refractivity contribution in [2.75, 3.05) is 39.3 Å². The zero-order valence-electron chi connectivity index (χ0n) is 9.87. The summed E-state index contributed by atoms with van der Waals surface area (Å²) in [4.78, 5) is 2.55. The average Bonchev–Trinajstić information content (AvgIpc) is 2.66. The van der Waals surface area contributed by atoms with Gasteiger partial charge in [0.05, 0.1) is 6.10 Å². The summed E-state index contributed by atoms with van der Waals surface area (Å²) in [6.45, 7) is 9.27. The van der Waals surface area contributed by atoms with E-state index < -0.39 is 0 Å². The summed E-state index contributed by atoms with van der Waals surface area (Å²) in [7, 11) is 0. The Bertz CT molecular complexity index is 176. The van der Waals surface area contributed by atoms with Gasteiger partial charge in [0.2, 0.25) is 0 Å². The summed E-state index contributed by atoms with van der Waals surface area (Å²) in [5, 5.41) is 3.33. The Morgan fingerprint density at radius 1 is 1.40 bits per heavy atom. The molecular formula is C12H24N2O. The summed E-state index contributed by atoms with van der Waals surface area (Å²) in [6, 6.07) is 0. The van der Waals surface area contributed by atoms with Gasteiger partial charge in [-0.15, -0.1) is 0 Å². The molecule has 0 aromatic heterocycles. The fraction of sp³-hybridized carbons (Fsp3) is 1.00. The van der Waals surface area contributed by atoms with E-state index in [0.29, 0.717) is 6.10 Å². The molecular weight excluding hydrogens is 188 g/mol. The third kappa shape index (κ3) is 3.44. The summed E-state index contributed by atoms with van der Waals surface area (Å²) in [6.07, 6.45) is 4.40. The van der Waals surface area contributed by atoms with Crippen molar-refractivity contribution in [3.8, 4) is 0 Å². The standard InChI is InChI=1S/C12H24N2O/c1-2-14(6-5-11-8-13-9-11)10-12-4-3-7-15-12/h11-13H,2-10H2,1H3. The summed E-state index contributed by atoms with van der Waals surface area (Å²) < 4.78 is 5.68. The van der Waals surface area contributed by atoms with Crippen molar-refractivity contribution in [3.05, 3.63) is 0 Å². The first kappa shape index (κ1) is 11.4. The van der Waals surface area contributed by atoms with Crippen LogP contribution in [-0.2, 0) is 4.74 Å². The molecule has 3 heteroatoms. The minimum atomic E-state index is 0.518. The largest absolute Gasteiger partial charge is 0.377 e. The molecule has 0 aliphatic carbocycles. The third-order valence-corrected chi connectivity index (χ3v) is 3.65. The minimum absolute atomic E-state index is 0.518. The fourth-order valence-electron chi connectivity index (χ4n) is 2.37. The predicted molar refractivity (Wildman–Crippen MR) is 62.1 cm³/mol. The number of nitrogens with zero attached hydrogens (tertiary/aromatic N) is 1. The number of hydrogen-bond donors (Lipinski definition) is 1. The summed E-state index contributed by atoms with van der Waals surface area (Å²) >= 11 is 0. The molecule has 0 spiro atoms. The molecule has 2 heterocycles. The SMILES string of the molecule is CCN(CCC1CNC1)CC1CCCO1. The number of nitrogens with one attached hydrogen (secondary N) is 1. The van der Waals surface area contributed by atoms with Crippen LogP contribution in [0, 0.1) is 5.92 Å². The highest BCUT2D eigenvalue weighted by Crippen LogP contribution is 2.15. The van der Waals surface area contributed by atoms with E-state index in [-0.39, 0.29) is 0 Å². The third-order valence-electron chi connectivity index (χ3n) is 3.65. The number of ether oxygens (including phenoxy) is 1. The van der Waals surface area contributed by atoms with Gasteiger partial charge in [0.25, 0.3) is 0 Å². The second kappa shape index (κ2) is 5.83. The zero-order chi connectivity index (χ0) is 10.5. The molecule has 0 aromatic rings. The van der Waals surface area contributed by atoms with E-state index in [4.69, 9.17) is 4.74 Å². The normalized spacial score (nSPS) is 27.2. The van der Waals surface area contributed by atoms with E-state index in [0.717, 1.165) is 19.1 Å². The molecule has 1 unspecified atom stereocenters. The molecule has 3 nitrogen and oxygen atoms in total. The summed E-state index contributed by atoms with van der Waals surface area (Å²) in [5.74, 6) is 0.934. The maximum atomic E-state index is 5.68. The van der Waals surface area contributed by atoms with Crippen molar-refractivity contribution < 1.29 is 4.74 Å². The van der Waals surface area contributed by atoms with Gasteiger partial charge in [0.15, 0.2) is 0 Å². The van der Waals surface area contributed by atoms with Crippen molar-refractivity contribution >= 4 is 0 Å². The number of rotatable bonds is 6. The van der Waals surface area contributed by atoms with Crippen LogP contribution in [0.5, 0.6) is 0 Å². The quantitative estimate of drug-likeness (QED) is 0.713. The molecule has 0 bridgehead atoms. The van der Waals surface area contributed by atoms with Crippen molar-refractivity contribution in [1.29, 1.82) is 0 Å². The Labute approximate surface area is 93.2 Å². The van der Waals surface area contributed by atoms with Crippen LogP contribution < -0.4 is 5.32 Å². The van der Waals surface area contributed by atoms with E-state index in [9.17, 15) is 0 Å². The van der Waals surface area contributed by atoms with Gasteiger partial charge < -0.3 is 15.0 Å². The van der Waals surface area contributed by atoms with E-state index in [2.05, 4.69) is 17.1 Å². The van der Waals surface area contributed by atoms with Gasteiger partial charge in [-0.25, -0.2) is 0 Å². The molecule has 2 rings (SSSR count). The zero-order valence-corrected chi connectivity index (χ0v) is 9.87. The Morgan fingerprint density at radius 3 is 2.80 bits per heavy atom. The average molecular weight is 212 g/mol. The van der Waals surface area contributed by atoms with Crippen LogP contribution in [0.1, 0.15) is 26.2 Å². The fourth-order valence-corrected chi connectivity index (χ4v) is 2.37. The maximum absolute atomic E-state index is 5.68. The van der Waals surface area contributed by atoms with Gasteiger partial charge in [0, 0.05) is 13.2 Å². The van der Waals surface area contributed by atoms with Gasteiger partial charge >= 0.3 is 0 Å². The Hall–Kier alpha value is -0.120. The van der Waals surface area contributed by atoms with Gasteiger partial charge in [-0.2, -0.15) is 0 Å². The molecule has 2 aliphatic rings. The molecule has 88 valence electrons. The van der Waals surface area contributed by atoms with Gasteiger partial charge in [-0.05, 0) is 51.4 Å². The second-order valence-corrected chi connectivity index (χ2v) is 4.84. The molecule has 0 radical (unpaired) electrons. The van der Waals surface area contributed by atoms with Gasteiger partial charge in [-0.3, -0.25) is 0 Å². The van der Waals surface area contributed by atoms with Crippen molar-refractivity contribution in [2.24, 2.45) is 5.92 Å². The molecule has 0 aromatic carbocycles. The van der Waals surface area contributed by atoms with Gasteiger partial charge in [0.1, 0.15) is 0 Å². The van der Waals surface area contributed by atoms with Crippen LogP contribution in [0.25, 0.3) is 0 Å². The first-order valence-corrected chi connectivity index (χ1v) is 6.43. The van der Waals surface area contributed by atoms with Crippen LogP contribution >= 0.6 is 0 Å². The predicted octanol–water partition coefficient (Wildman–Crippen LogP) is 1.10. The first-order valence-electron chi connectivity index (χ1n) is 6.43. The van der Waals surface area contributed by atoms with Crippen molar-refractivity contribution in [1.82, 2.24) is 10.2 Å². The van der Waals surface area contributed by atoms with Crippen LogP contribution in [0.4, 0.5) is 0 Å². The lowest BCUT2D eigenvalue weighted by atomic mass is 9.99. The molecule has 2 saturated heterocycles. The first-order chi connectivity index (χ1) is 7.38. The van der Waals surface area contributed by atoms with E-state index in [1.807, 2.05) is 0 Å². The topological polar surface area (TPSA) is 24.5 Å². The van der Waals surface area contributed by atoms with Crippen LogP contribution in [0.15, 0.2) is 0 Å². The van der Waals surface area contributed by atoms with E-state index >= 15 is 0 Å². The molecule has 2 aliphatic heterocycles. The lowest BCUT2D eigenvalue weighted by Gasteiger charge is -2.30. The monoisotopic (exact) mass is 212 g/mol. The number of hydrogen-bond acceptors (Lipinski definition) is 3. The van der Waals surface area contributed by atoms with Crippen molar-refractivity contribution in [2.45, 2.75) is 32.3 Å². The highest BCUT2D eigenvalue weighted by molar-refractivity contribution is 4.77. The minimum Gasteiger partial charge on any atom is -0.377 e. The van der Waals surface area contributed by atoms with E-state index in [1.165, 1.54) is 45.4 Å². The summed E-state index contributed by atoms with van der Waals surface area (Å²) in [5.41, 5.74) is 0. The Balaban J connectivity index is 1.62. The second-order valence-electron chi connectivity index (χ2n) is 4.84. The van der Waals surface area contributed by atoms with Crippen LogP contribution in [0.2, 0.25) is 0 Å². The lowest BCUT2D eigenvalue weighted by molar-refractivity contribution is 0.0718. The van der Waals surface area contributed by atoms with Crippen LogP contribution in [-0.4, -0.2) is 50.3 Å². The smallest absolute Gasteiger partial charge is 0.0702 e. The number of likely N-dealkylation sites (N-methyl/N-ethyl adjacent to an activating group) is 1. The van der Waals surface area contributed by atoms with E-state index in [1.54, 1.807) is 0 Å². The highest BCUT2D eigenvalue weighted by Gasteiger charge is 2.21. The molecule has 1 N–H and O–H groups in total. The van der Waals surface area contributed by atoms with Gasteiger partial charge in [-0.1, -0.05) is 6.92 Å². The Morgan fingerprint density at radius 2 is 2.27 bits per heavy atom. The molecule has 2 fully saturated rings. The lowest BCUT2D eigenvalue weighted by Crippen LogP contribution is -2.44. The molecule has 15 heavy (non-hydrogen) atoms. The maximum Gasteiger partial charge on any atom is 0.0702 e. The molecule has 1 atom stereocenters. The molecule has 0 saturated carbocycles. The van der Waals surface area contributed by atoms with Crippen molar-refractivity contribution in [3.63, 3.8) is 0 Å². The van der Waals surface area contributed by atoms with Crippen LogP contribution in [0.3, 0.4) is 0 Å². The highest BCUT2D eigenvalue weighted by atomic mass is 16.5. The Kier molecular flexibility index (Phi) is 4.42.